The molecular weight excluding hydrogens is 429 g/mol. The van der Waals surface area contributed by atoms with Crippen molar-refractivity contribution in [3.63, 3.8) is 0 Å². The number of nitrogens with one attached hydrogen (secondary N) is 2. The number of hydrogen-bond acceptors (Lipinski definition) is 5. The van der Waals surface area contributed by atoms with Crippen molar-refractivity contribution >= 4 is 11.5 Å². The van der Waals surface area contributed by atoms with Crippen molar-refractivity contribution < 1.29 is 17.9 Å². The molecule has 0 saturated carbocycles. The minimum atomic E-state index is -4.73. The molecule has 0 bridgehead atoms. The second kappa shape index (κ2) is 10.4. The first-order valence-electron chi connectivity index (χ1n) is 10.5. The van der Waals surface area contributed by atoms with Crippen LogP contribution < -0.4 is 21.1 Å². The number of alkyl halides is 3. The third-order valence-electron chi connectivity index (χ3n) is 5.11. The van der Waals surface area contributed by atoms with Crippen LogP contribution in [0.15, 0.2) is 72.9 Å². The topological polar surface area (TPSA) is 72.2 Å². The Morgan fingerprint density at radius 2 is 1.79 bits per heavy atom. The number of halogens is 3. The van der Waals surface area contributed by atoms with E-state index in [4.69, 9.17) is 10.7 Å². The summed E-state index contributed by atoms with van der Waals surface area (Å²) in [5.74, 6) is 0.329. The Hall–Kier alpha value is -3.52. The van der Waals surface area contributed by atoms with Crippen molar-refractivity contribution in [2.75, 3.05) is 17.2 Å². The lowest BCUT2D eigenvalue weighted by Gasteiger charge is -2.22. The SMILES string of the molecule is C=C(CN)Nc1ccc(-c2ccccc2C)nc1NC(CC)c1ccc(OC(F)(F)F)cc1. The van der Waals surface area contributed by atoms with Gasteiger partial charge < -0.3 is 21.1 Å². The Balaban J connectivity index is 1.93. The van der Waals surface area contributed by atoms with Gasteiger partial charge >= 0.3 is 6.36 Å². The summed E-state index contributed by atoms with van der Waals surface area (Å²) in [5.41, 5.74) is 10.7. The number of aromatic nitrogens is 1. The molecule has 1 unspecified atom stereocenters. The second-order valence-electron chi connectivity index (χ2n) is 7.56. The van der Waals surface area contributed by atoms with Gasteiger partial charge in [-0.25, -0.2) is 4.98 Å². The van der Waals surface area contributed by atoms with Gasteiger partial charge in [-0.2, -0.15) is 0 Å². The number of hydrogen-bond donors (Lipinski definition) is 3. The maximum atomic E-state index is 12.5. The van der Waals surface area contributed by atoms with E-state index in [1.807, 2.05) is 50.2 Å². The molecule has 0 aliphatic heterocycles. The predicted molar refractivity (Wildman–Crippen MR) is 126 cm³/mol. The van der Waals surface area contributed by atoms with Gasteiger partial charge in [0.2, 0.25) is 0 Å². The van der Waals surface area contributed by atoms with Gasteiger partial charge in [0, 0.05) is 17.8 Å². The number of benzene rings is 2. The monoisotopic (exact) mass is 456 g/mol. The smallest absolute Gasteiger partial charge is 0.406 e. The summed E-state index contributed by atoms with van der Waals surface area (Å²) in [6, 6.07) is 17.4. The summed E-state index contributed by atoms with van der Waals surface area (Å²) in [6.07, 6.45) is -4.05. The van der Waals surface area contributed by atoms with Gasteiger partial charge in [0.05, 0.1) is 17.4 Å². The Labute approximate surface area is 191 Å². The van der Waals surface area contributed by atoms with Crippen molar-refractivity contribution in [3.05, 3.63) is 84.1 Å². The van der Waals surface area contributed by atoms with Crippen molar-refractivity contribution in [2.45, 2.75) is 32.7 Å². The number of ether oxygens (including phenoxy) is 1. The van der Waals surface area contributed by atoms with Gasteiger partial charge in [0.1, 0.15) is 5.75 Å². The minimum Gasteiger partial charge on any atom is -0.406 e. The molecule has 174 valence electrons. The molecule has 0 fully saturated rings. The third kappa shape index (κ3) is 6.49. The Kier molecular flexibility index (Phi) is 7.60. The molecule has 4 N–H and O–H groups in total. The molecule has 3 rings (SSSR count). The van der Waals surface area contributed by atoms with Crippen LogP contribution in [0.4, 0.5) is 24.7 Å². The van der Waals surface area contributed by atoms with E-state index in [1.54, 1.807) is 12.1 Å². The van der Waals surface area contributed by atoms with Crippen molar-refractivity contribution in [3.8, 4) is 17.0 Å². The third-order valence-corrected chi connectivity index (χ3v) is 5.11. The summed E-state index contributed by atoms with van der Waals surface area (Å²) in [7, 11) is 0. The first kappa shape index (κ1) is 24.1. The van der Waals surface area contributed by atoms with Gasteiger partial charge in [0.15, 0.2) is 5.82 Å². The van der Waals surface area contributed by atoms with Crippen molar-refractivity contribution in [1.29, 1.82) is 0 Å². The minimum absolute atomic E-state index is 0.198. The zero-order valence-corrected chi connectivity index (χ0v) is 18.5. The van der Waals surface area contributed by atoms with Crippen LogP contribution in [0.3, 0.4) is 0 Å². The molecule has 0 radical (unpaired) electrons. The van der Waals surface area contributed by atoms with E-state index in [-0.39, 0.29) is 18.3 Å². The maximum Gasteiger partial charge on any atom is 0.573 e. The molecule has 0 amide bonds. The van der Waals surface area contributed by atoms with Gasteiger partial charge in [0.25, 0.3) is 0 Å². The van der Waals surface area contributed by atoms with E-state index in [0.29, 0.717) is 23.6 Å². The largest absolute Gasteiger partial charge is 0.573 e. The quantitative estimate of drug-likeness (QED) is 0.347. The van der Waals surface area contributed by atoms with Crippen LogP contribution in [0.5, 0.6) is 5.75 Å². The summed E-state index contributed by atoms with van der Waals surface area (Å²) >= 11 is 0. The lowest BCUT2D eigenvalue weighted by molar-refractivity contribution is -0.274. The zero-order valence-electron chi connectivity index (χ0n) is 18.5. The lowest BCUT2D eigenvalue weighted by Crippen LogP contribution is -2.17. The first-order chi connectivity index (χ1) is 15.7. The standard InChI is InChI=1S/C25H27F3N4O/c1-4-21(18-9-11-19(12-10-18)33-25(26,27)28)31-24-23(30-17(3)15-29)14-13-22(32-24)20-8-6-5-7-16(20)2/h5-14,21,30H,3-4,15,29H2,1-2H3,(H,31,32). The molecule has 5 nitrogen and oxygen atoms in total. The number of aryl methyl sites for hydroxylation is 1. The fraction of sp³-hybridized carbons (Fsp3) is 0.240. The zero-order chi connectivity index (χ0) is 24.0. The van der Waals surface area contributed by atoms with E-state index in [9.17, 15) is 13.2 Å². The normalized spacial score (nSPS) is 12.2. The number of rotatable bonds is 9. The molecule has 8 heteroatoms. The van der Waals surface area contributed by atoms with Crippen LogP contribution in [0.1, 0.15) is 30.5 Å². The average molecular weight is 457 g/mol. The second-order valence-corrected chi connectivity index (χ2v) is 7.56. The van der Waals surface area contributed by atoms with E-state index < -0.39 is 6.36 Å². The maximum absolute atomic E-state index is 12.5. The van der Waals surface area contributed by atoms with Crippen molar-refractivity contribution in [2.24, 2.45) is 5.73 Å². The summed E-state index contributed by atoms with van der Waals surface area (Å²) in [5, 5.41) is 6.60. The molecule has 1 aromatic heterocycles. The van der Waals surface area contributed by atoms with Crippen molar-refractivity contribution in [1.82, 2.24) is 4.98 Å². The highest BCUT2D eigenvalue weighted by atomic mass is 19.4. The molecule has 0 spiro atoms. The van der Waals surface area contributed by atoms with Crippen LogP contribution in [-0.2, 0) is 0 Å². The number of nitrogens with zero attached hydrogens (tertiary/aromatic N) is 1. The Bertz CT molecular complexity index is 1100. The van der Waals surface area contributed by atoms with Crippen LogP contribution in [0.25, 0.3) is 11.3 Å². The first-order valence-corrected chi connectivity index (χ1v) is 10.5. The molecule has 1 heterocycles. The molecule has 0 saturated heterocycles. The highest BCUT2D eigenvalue weighted by molar-refractivity contribution is 5.73. The van der Waals surface area contributed by atoms with Gasteiger partial charge in [-0.1, -0.05) is 49.9 Å². The molecule has 0 aliphatic carbocycles. The summed E-state index contributed by atoms with van der Waals surface area (Å²) in [4.78, 5) is 4.84. The van der Waals surface area contributed by atoms with E-state index >= 15 is 0 Å². The van der Waals surface area contributed by atoms with E-state index in [1.165, 1.54) is 12.1 Å². The fourth-order valence-corrected chi connectivity index (χ4v) is 3.41. The van der Waals surface area contributed by atoms with Gasteiger partial charge in [-0.15, -0.1) is 13.2 Å². The van der Waals surface area contributed by atoms with Crippen LogP contribution >= 0.6 is 0 Å². The number of nitrogens with two attached hydrogens (primary N) is 1. The molecule has 33 heavy (non-hydrogen) atoms. The predicted octanol–water partition coefficient (Wildman–Crippen LogP) is 6.40. The highest BCUT2D eigenvalue weighted by Gasteiger charge is 2.31. The van der Waals surface area contributed by atoms with Gasteiger partial charge in [-0.05, 0) is 48.7 Å². The highest BCUT2D eigenvalue weighted by Crippen LogP contribution is 2.32. The Morgan fingerprint density at radius 3 is 2.39 bits per heavy atom. The molecule has 3 aromatic rings. The van der Waals surface area contributed by atoms with Crippen LogP contribution in [-0.4, -0.2) is 17.9 Å². The molecule has 2 aromatic carbocycles. The number of pyridine rings is 1. The van der Waals surface area contributed by atoms with Crippen LogP contribution in [0.2, 0.25) is 0 Å². The fourth-order valence-electron chi connectivity index (χ4n) is 3.41. The average Bonchev–Trinajstić information content (AvgIpc) is 2.78. The van der Waals surface area contributed by atoms with E-state index in [2.05, 4.69) is 21.9 Å². The number of anilines is 2. The Morgan fingerprint density at radius 1 is 1.09 bits per heavy atom. The molecule has 1 atom stereocenters. The van der Waals surface area contributed by atoms with E-state index in [0.717, 1.165) is 22.4 Å². The van der Waals surface area contributed by atoms with Gasteiger partial charge in [-0.3, -0.25) is 0 Å². The molecular formula is C25H27F3N4O. The lowest BCUT2D eigenvalue weighted by atomic mass is 10.0. The summed E-state index contributed by atoms with van der Waals surface area (Å²) < 4.78 is 41.4. The summed E-state index contributed by atoms with van der Waals surface area (Å²) in [6.45, 7) is 8.16. The molecule has 0 aliphatic rings. The van der Waals surface area contributed by atoms with Crippen LogP contribution in [0, 0.1) is 6.92 Å².